The number of esters is 1. The van der Waals surface area contributed by atoms with Gasteiger partial charge in [0, 0.05) is 0 Å². The zero-order chi connectivity index (χ0) is 14.5. The Morgan fingerprint density at radius 2 is 1.85 bits per heavy atom. The van der Waals surface area contributed by atoms with Crippen LogP contribution in [0.4, 0.5) is 0 Å². The molecule has 20 heavy (non-hydrogen) atoms. The van der Waals surface area contributed by atoms with Crippen molar-refractivity contribution in [3.8, 4) is 16.9 Å². The van der Waals surface area contributed by atoms with Crippen molar-refractivity contribution in [3.05, 3.63) is 53.6 Å². The lowest BCUT2D eigenvalue weighted by atomic mass is 9.99. The molecule has 2 aromatic carbocycles. The molecule has 0 unspecified atom stereocenters. The van der Waals surface area contributed by atoms with Gasteiger partial charge in [0.05, 0.1) is 19.3 Å². The van der Waals surface area contributed by atoms with E-state index in [2.05, 4.69) is 0 Å². The molecule has 0 aliphatic rings. The van der Waals surface area contributed by atoms with Gasteiger partial charge in [0.2, 0.25) is 0 Å². The summed E-state index contributed by atoms with van der Waals surface area (Å²) in [7, 11) is 1.64. The summed E-state index contributed by atoms with van der Waals surface area (Å²) in [6.07, 6.45) is 0. The van der Waals surface area contributed by atoms with Gasteiger partial charge in [0.15, 0.2) is 0 Å². The fourth-order valence-corrected chi connectivity index (χ4v) is 2.03. The Hall–Kier alpha value is -2.29. The van der Waals surface area contributed by atoms with Crippen molar-refractivity contribution in [1.82, 2.24) is 0 Å². The first-order valence-electron chi connectivity index (χ1n) is 6.58. The molecule has 0 aliphatic heterocycles. The van der Waals surface area contributed by atoms with Gasteiger partial charge in [-0.2, -0.15) is 0 Å². The summed E-state index contributed by atoms with van der Waals surface area (Å²) in [5.41, 5.74) is 3.50. The van der Waals surface area contributed by atoms with Crippen LogP contribution >= 0.6 is 0 Å². The monoisotopic (exact) mass is 270 g/mol. The topological polar surface area (TPSA) is 35.5 Å². The quantitative estimate of drug-likeness (QED) is 0.792. The number of aryl methyl sites for hydroxylation is 1. The number of carbonyl (C=O) groups excluding carboxylic acids is 1. The van der Waals surface area contributed by atoms with Gasteiger partial charge in [-0.3, -0.25) is 0 Å². The molecule has 3 nitrogen and oxygen atoms in total. The summed E-state index contributed by atoms with van der Waals surface area (Å²) in [6, 6.07) is 13.5. The van der Waals surface area contributed by atoms with Crippen molar-refractivity contribution in [2.75, 3.05) is 13.7 Å². The molecular weight excluding hydrogens is 252 g/mol. The minimum absolute atomic E-state index is 0.283. The zero-order valence-corrected chi connectivity index (χ0v) is 12.0. The van der Waals surface area contributed by atoms with E-state index < -0.39 is 0 Å². The SMILES string of the molecule is CCOC(=O)c1cc(-c2cccc(OC)c2)ccc1C. The first kappa shape index (κ1) is 14.1. The largest absolute Gasteiger partial charge is 0.497 e. The van der Waals surface area contributed by atoms with Crippen molar-refractivity contribution < 1.29 is 14.3 Å². The van der Waals surface area contributed by atoms with Gasteiger partial charge in [-0.15, -0.1) is 0 Å². The van der Waals surface area contributed by atoms with Gasteiger partial charge >= 0.3 is 5.97 Å². The summed E-state index contributed by atoms with van der Waals surface area (Å²) >= 11 is 0. The molecule has 2 aromatic rings. The number of hydrogen-bond donors (Lipinski definition) is 0. The molecule has 0 N–H and O–H groups in total. The standard InChI is InChI=1S/C17H18O3/c1-4-20-17(18)16-11-14(9-8-12(16)2)13-6-5-7-15(10-13)19-3/h5-11H,4H2,1-3H3. The zero-order valence-electron chi connectivity index (χ0n) is 12.0. The number of hydrogen-bond acceptors (Lipinski definition) is 3. The number of carbonyl (C=O) groups is 1. The van der Waals surface area contributed by atoms with Crippen molar-refractivity contribution in [1.29, 1.82) is 0 Å². The lowest BCUT2D eigenvalue weighted by Gasteiger charge is -2.09. The third-order valence-corrected chi connectivity index (χ3v) is 3.14. The van der Waals surface area contributed by atoms with Gasteiger partial charge in [0.25, 0.3) is 0 Å². The first-order chi connectivity index (χ1) is 9.65. The highest BCUT2D eigenvalue weighted by Gasteiger charge is 2.11. The Bertz CT molecular complexity index is 617. The Morgan fingerprint density at radius 3 is 2.55 bits per heavy atom. The van der Waals surface area contributed by atoms with E-state index in [4.69, 9.17) is 9.47 Å². The number of methoxy groups -OCH3 is 1. The molecule has 0 aromatic heterocycles. The second-order valence-corrected chi connectivity index (χ2v) is 4.48. The second-order valence-electron chi connectivity index (χ2n) is 4.48. The maximum absolute atomic E-state index is 11.9. The van der Waals surface area contributed by atoms with Crippen molar-refractivity contribution in [3.63, 3.8) is 0 Å². The fraction of sp³-hybridized carbons (Fsp3) is 0.235. The molecule has 0 atom stereocenters. The molecule has 0 fully saturated rings. The van der Waals surface area contributed by atoms with E-state index in [9.17, 15) is 4.79 Å². The normalized spacial score (nSPS) is 10.2. The summed E-state index contributed by atoms with van der Waals surface area (Å²) in [5, 5.41) is 0. The molecule has 0 saturated carbocycles. The van der Waals surface area contributed by atoms with Crippen LogP contribution in [0.1, 0.15) is 22.8 Å². The van der Waals surface area contributed by atoms with Crippen molar-refractivity contribution in [2.45, 2.75) is 13.8 Å². The fourth-order valence-electron chi connectivity index (χ4n) is 2.03. The molecule has 0 bridgehead atoms. The molecule has 0 aliphatic carbocycles. The molecule has 104 valence electrons. The van der Waals surface area contributed by atoms with E-state index >= 15 is 0 Å². The van der Waals surface area contributed by atoms with E-state index in [0.717, 1.165) is 22.4 Å². The predicted octanol–water partition coefficient (Wildman–Crippen LogP) is 3.85. The molecule has 0 saturated heterocycles. The Balaban J connectivity index is 2.42. The van der Waals surface area contributed by atoms with Crippen LogP contribution in [0.5, 0.6) is 5.75 Å². The number of rotatable bonds is 4. The highest BCUT2D eigenvalue weighted by atomic mass is 16.5. The second kappa shape index (κ2) is 6.24. The number of benzene rings is 2. The average molecular weight is 270 g/mol. The summed E-state index contributed by atoms with van der Waals surface area (Å²) in [5.74, 6) is 0.510. The summed E-state index contributed by atoms with van der Waals surface area (Å²) < 4.78 is 10.3. The highest BCUT2D eigenvalue weighted by Crippen LogP contribution is 2.26. The van der Waals surface area contributed by atoms with Crippen molar-refractivity contribution in [2.24, 2.45) is 0 Å². The lowest BCUT2D eigenvalue weighted by molar-refractivity contribution is 0.0525. The van der Waals surface area contributed by atoms with Gasteiger partial charge in [-0.1, -0.05) is 24.3 Å². The van der Waals surface area contributed by atoms with Crippen LogP contribution < -0.4 is 4.74 Å². The molecule has 0 amide bonds. The maximum Gasteiger partial charge on any atom is 0.338 e. The minimum atomic E-state index is -0.283. The van der Waals surface area contributed by atoms with Gasteiger partial charge in [0.1, 0.15) is 5.75 Å². The van der Waals surface area contributed by atoms with Crippen LogP contribution in [-0.2, 0) is 4.74 Å². The van der Waals surface area contributed by atoms with E-state index in [-0.39, 0.29) is 5.97 Å². The summed E-state index contributed by atoms with van der Waals surface area (Å²) in [6.45, 7) is 4.09. The van der Waals surface area contributed by atoms with Crippen LogP contribution in [0.25, 0.3) is 11.1 Å². The highest BCUT2D eigenvalue weighted by molar-refractivity contribution is 5.92. The number of ether oxygens (including phenoxy) is 2. The third kappa shape index (κ3) is 2.99. The third-order valence-electron chi connectivity index (χ3n) is 3.14. The van der Waals surface area contributed by atoms with E-state index in [0.29, 0.717) is 12.2 Å². The van der Waals surface area contributed by atoms with E-state index in [1.807, 2.05) is 49.4 Å². The molecule has 0 spiro atoms. The molecule has 3 heteroatoms. The van der Waals surface area contributed by atoms with Crippen LogP contribution in [-0.4, -0.2) is 19.7 Å². The van der Waals surface area contributed by atoms with Gasteiger partial charge in [-0.05, 0) is 48.7 Å². The van der Waals surface area contributed by atoms with E-state index in [1.165, 1.54) is 0 Å². The smallest absolute Gasteiger partial charge is 0.338 e. The Morgan fingerprint density at radius 1 is 1.10 bits per heavy atom. The lowest BCUT2D eigenvalue weighted by Crippen LogP contribution is -2.06. The molecular formula is C17H18O3. The first-order valence-corrected chi connectivity index (χ1v) is 6.58. The van der Waals surface area contributed by atoms with Crippen LogP contribution in [0.3, 0.4) is 0 Å². The van der Waals surface area contributed by atoms with Gasteiger partial charge < -0.3 is 9.47 Å². The van der Waals surface area contributed by atoms with Crippen molar-refractivity contribution >= 4 is 5.97 Å². The maximum atomic E-state index is 11.9. The Kier molecular flexibility index (Phi) is 4.41. The van der Waals surface area contributed by atoms with Crippen LogP contribution in [0.15, 0.2) is 42.5 Å². The molecule has 2 rings (SSSR count). The molecule has 0 radical (unpaired) electrons. The minimum Gasteiger partial charge on any atom is -0.497 e. The average Bonchev–Trinajstić information content (AvgIpc) is 2.48. The van der Waals surface area contributed by atoms with Crippen LogP contribution in [0, 0.1) is 6.92 Å². The van der Waals surface area contributed by atoms with E-state index in [1.54, 1.807) is 14.0 Å². The van der Waals surface area contributed by atoms with Crippen LogP contribution in [0.2, 0.25) is 0 Å². The predicted molar refractivity (Wildman–Crippen MR) is 79.1 cm³/mol. The Labute approximate surface area is 119 Å². The summed E-state index contributed by atoms with van der Waals surface area (Å²) in [4.78, 5) is 11.9. The van der Waals surface area contributed by atoms with Gasteiger partial charge in [-0.25, -0.2) is 4.79 Å². The molecule has 0 heterocycles.